The summed E-state index contributed by atoms with van der Waals surface area (Å²) in [5, 5.41) is 3.32. The van der Waals surface area contributed by atoms with Crippen LogP contribution in [-0.2, 0) is 11.3 Å². The van der Waals surface area contributed by atoms with Crippen LogP contribution in [-0.4, -0.2) is 66.6 Å². The van der Waals surface area contributed by atoms with Gasteiger partial charge in [-0.25, -0.2) is 4.98 Å². The molecule has 0 aliphatic carbocycles. The van der Waals surface area contributed by atoms with E-state index in [9.17, 15) is 4.79 Å². The summed E-state index contributed by atoms with van der Waals surface area (Å²) in [5.41, 5.74) is 0.529. The maximum atomic E-state index is 12.8. The number of amides is 1. The third-order valence-corrected chi connectivity index (χ3v) is 6.88. The molecule has 3 heterocycles. The second-order valence-corrected chi connectivity index (χ2v) is 9.23. The van der Waals surface area contributed by atoms with E-state index in [2.05, 4.69) is 9.88 Å². The number of nitrogens with zero attached hydrogens (tertiary/aromatic N) is 3. The van der Waals surface area contributed by atoms with Crippen molar-refractivity contribution in [1.29, 1.82) is 0 Å². The lowest BCUT2D eigenvalue weighted by molar-refractivity contribution is 0.0332. The molecule has 0 N–H and O–H groups in total. The number of halogens is 1. The molecule has 2 aliphatic heterocycles. The second kappa shape index (κ2) is 10.6. The molecule has 162 valence electrons. The molecular weight excluding hydrogens is 422 g/mol. The molecule has 0 spiro atoms. The molecule has 0 saturated carbocycles. The van der Waals surface area contributed by atoms with Crippen LogP contribution in [0.4, 0.5) is 0 Å². The Bertz CT molecular complexity index is 815. The standard InChI is InChI=1S/C22H28ClN3O3S/c23-18-1-3-19(4-2-18)29-15-21-24-20(16-30-21)22(27)26-9-6-17(7-10-26)5-8-25-11-13-28-14-12-25/h1-4,16-17H,5-15H2. The van der Waals surface area contributed by atoms with Crippen molar-refractivity contribution >= 4 is 28.8 Å². The number of benzene rings is 1. The van der Waals surface area contributed by atoms with E-state index < -0.39 is 0 Å². The Morgan fingerprint density at radius 2 is 1.90 bits per heavy atom. The van der Waals surface area contributed by atoms with Crippen LogP contribution in [0.25, 0.3) is 0 Å². The minimum Gasteiger partial charge on any atom is -0.486 e. The summed E-state index contributed by atoms with van der Waals surface area (Å²) in [7, 11) is 0. The molecule has 2 saturated heterocycles. The van der Waals surface area contributed by atoms with Gasteiger partial charge in [0.05, 0.1) is 13.2 Å². The fraction of sp³-hybridized carbons (Fsp3) is 0.545. The molecule has 2 fully saturated rings. The van der Waals surface area contributed by atoms with Crippen LogP contribution in [0.1, 0.15) is 34.8 Å². The highest BCUT2D eigenvalue weighted by molar-refractivity contribution is 7.09. The van der Waals surface area contributed by atoms with Gasteiger partial charge in [-0.05, 0) is 56.0 Å². The minimum atomic E-state index is 0.0376. The van der Waals surface area contributed by atoms with Crippen LogP contribution in [0, 0.1) is 5.92 Å². The maximum absolute atomic E-state index is 12.8. The molecule has 4 rings (SSSR count). The number of morpholine rings is 1. The summed E-state index contributed by atoms with van der Waals surface area (Å²) in [6.07, 6.45) is 3.37. The van der Waals surface area contributed by atoms with Crippen molar-refractivity contribution < 1.29 is 14.3 Å². The first-order valence-electron chi connectivity index (χ1n) is 10.6. The van der Waals surface area contributed by atoms with Gasteiger partial charge in [0.2, 0.25) is 0 Å². The van der Waals surface area contributed by atoms with E-state index in [0.29, 0.717) is 23.2 Å². The first-order chi connectivity index (χ1) is 14.7. The number of thiazole rings is 1. The summed E-state index contributed by atoms with van der Waals surface area (Å²) in [6.45, 7) is 6.94. The Balaban J connectivity index is 1.21. The van der Waals surface area contributed by atoms with E-state index in [1.165, 1.54) is 17.8 Å². The Kier molecular flexibility index (Phi) is 7.60. The van der Waals surface area contributed by atoms with E-state index in [0.717, 1.165) is 69.5 Å². The number of rotatable bonds is 7. The van der Waals surface area contributed by atoms with Gasteiger partial charge in [0, 0.05) is 36.6 Å². The van der Waals surface area contributed by atoms with Crippen LogP contribution < -0.4 is 4.74 Å². The number of carbonyl (C=O) groups is 1. The van der Waals surface area contributed by atoms with Crippen molar-refractivity contribution in [2.24, 2.45) is 5.92 Å². The molecule has 0 atom stereocenters. The largest absolute Gasteiger partial charge is 0.486 e. The Hall–Kier alpha value is -1.67. The third kappa shape index (κ3) is 5.94. The number of hydrogen-bond acceptors (Lipinski definition) is 6. The average Bonchev–Trinajstić information content (AvgIpc) is 3.27. The molecule has 0 bridgehead atoms. The Labute approximate surface area is 186 Å². The predicted molar refractivity (Wildman–Crippen MR) is 118 cm³/mol. The zero-order valence-electron chi connectivity index (χ0n) is 17.1. The Morgan fingerprint density at radius 3 is 2.63 bits per heavy atom. The first-order valence-corrected chi connectivity index (χ1v) is 11.9. The van der Waals surface area contributed by atoms with Crippen LogP contribution in [0.3, 0.4) is 0 Å². The molecule has 0 unspecified atom stereocenters. The highest BCUT2D eigenvalue weighted by Gasteiger charge is 2.25. The summed E-state index contributed by atoms with van der Waals surface area (Å²) >= 11 is 7.35. The van der Waals surface area contributed by atoms with Crippen molar-refractivity contribution in [1.82, 2.24) is 14.8 Å². The van der Waals surface area contributed by atoms with Crippen molar-refractivity contribution in [2.75, 3.05) is 45.9 Å². The van der Waals surface area contributed by atoms with E-state index >= 15 is 0 Å². The minimum absolute atomic E-state index is 0.0376. The van der Waals surface area contributed by atoms with E-state index in [1.54, 1.807) is 12.1 Å². The fourth-order valence-corrected chi connectivity index (χ4v) is 4.73. The third-order valence-electron chi connectivity index (χ3n) is 5.81. The van der Waals surface area contributed by atoms with Crippen LogP contribution in [0.15, 0.2) is 29.6 Å². The van der Waals surface area contributed by atoms with Gasteiger partial charge in [-0.3, -0.25) is 9.69 Å². The van der Waals surface area contributed by atoms with Gasteiger partial charge in [-0.15, -0.1) is 11.3 Å². The van der Waals surface area contributed by atoms with Crippen LogP contribution in [0.2, 0.25) is 5.02 Å². The van der Waals surface area contributed by atoms with Gasteiger partial charge in [-0.1, -0.05) is 11.6 Å². The topological polar surface area (TPSA) is 54.9 Å². The second-order valence-electron chi connectivity index (χ2n) is 7.85. The average molecular weight is 450 g/mol. The van der Waals surface area contributed by atoms with Crippen molar-refractivity contribution in [3.05, 3.63) is 45.4 Å². The lowest BCUT2D eigenvalue weighted by Crippen LogP contribution is -2.41. The quantitative estimate of drug-likeness (QED) is 0.640. The maximum Gasteiger partial charge on any atom is 0.273 e. The number of hydrogen-bond donors (Lipinski definition) is 0. The number of carbonyl (C=O) groups excluding carboxylic acids is 1. The molecule has 1 amide bonds. The van der Waals surface area contributed by atoms with Gasteiger partial charge in [0.1, 0.15) is 23.1 Å². The molecule has 2 aliphatic rings. The first kappa shape index (κ1) is 21.6. The number of ether oxygens (including phenoxy) is 2. The lowest BCUT2D eigenvalue weighted by atomic mass is 9.93. The summed E-state index contributed by atoms with van der Waals surface area (Å²) in [4.78, 5) is 21.8. The Morgan fingerprint density at radius 1 is 1.17 bits per heavy atom. The fourth-order valence-electron chi connectivity index (χ4n) is 3.93. The van der Waals surface area contributed by atoms with Crippen molar-refractivity contribution in [3.63, 3.8) is 0 Å². The zero-order valence-corrected chi connectivity index (χ0v) is 18.7. The number of likely N-dealkylation sites (tertiary alicyclic amines) is 1. The molecule has 1 aromatic heterocycles. The number of piperidine rings is 1. The molecule has 6 nitrogen and oxygen atoms in total. The van der Waals surface area contributed by atoms with Gasteiger partial charge in [-0.2, -0.15) is 0 Å². The highest BCUT2D eigenvalue weighted by Crippen LogP contribution is 2.23. The monoisotopic (exact) mass is 449 g/mol. The van der Waals surface area contributed by atoms with E-state index in [4.69, 9.17) is 21.1 Å². The van der Waals surface area contributed by atoms with E-state index in [1.807, 2.05) is 22.4 Å². The number of aromatic nitrogens is 1. The molecule has 30 heavy (non-hydrogen) atoms. The molecule has 0 radical (unpaired) electrons. The smallest absolute Gasteiger partial charge is 0.273 e. The zero-order chi connectivity index (χ0) is 20.8. The van der Waals surface area contributed by atoms with Gasteiger partial charge in [0.15, 0.2) is 0 Å². The molecular formula is C22H28ClN3O3S. The molecule has 8 heteroatoms. The predicted octanol–water partition coefficient (Wildman–Crippen LogP) is 3.95. The summed E-state index contributed by atoms with van der Waals surface area (Å²) in [6, 6.07) is 7.23. The van der Waals surface area contributed by atoms with Crippen molar-refractivity contribution in [3.8, 4) is 5.75 Å². The van der Waals surface area contributed by atoms with Gasteiger partial charge < -0.3 is 14.4 Å². The van der Waals surface area contributed by atoms with Gasteiger partial charge >= 0.3 is 0 Å². The van der Waals surface area contributed by atoms with Crippen LogP contribution >= 0.6 is 22.9 Å². The van der Waals surface area contributed by atoms with E-state index in [-0.39, 0.29) is 5.91 Å². The van der Waals surface area contributed by atoms with Crippen molar-refractivity contribution in [2.45, 2.75) is 25.9 Å². The SMILES string of the molecule is O=C(c1csc(COc2ccc(Cl)cc2)n1)N1CCC(CCN2CCOCC2)CC1. The van der Waals surface area contributed by atoms with Crippen LogP contribution in [0.5, 0.6) is 5.75 Å². The highest BCUT2D eigenvalue weighted by atomic mass is 35.5. The lowest BCUT2D eigenvalue weighted by Gasteiger charge is -2.33. The summed E-state index contributed by atoms with van der Waals surface area (Å²) in [5.74, 6) is 1.48. The van der Waals surface area contributed by atoms with Gasteiger partial charge in [0.25, 0.3) is 5.91 Å². The summed E-state index contributed by atoms with van der Waals surface area (Å²) < 4.78 is 11.1. The normalized spacial score (nSPS) is 18.5. The molecule has 2 aromatic rings. The molecule has 1 aromatic carbocycles.